The Bertz CT molecular complexity index is 1440. The summed E-state index contributed by atoms with van der Waals surface area (Å²) >= 11 is 11.9. The molecule has 6 rings (SSSR count). The van der Waals surface area contributed by atoms with Gasteiger partial charge in [-0.15, -0.1) is 0 Å². The summed E-state index contributed by atoms with van der Waals surface area (Å²) in [5.41, 5.74) is -1.39. The van der Waals surface area contributed by atoms with Gasteiger partial charge in [-0.2, -0.15) is 0 Å². The van der Waals surface area contributed by atoms with E-state index in [1.807, 2.05) is 0 Å². The molecule has 2 heterocycles. The first kappa shape index (κ1) is 22.1. The van der Waals surface area contributed by atoms with Crippen LogP contribution in [0.25, 0.3) is 0 Å². The lowest BCUT2D eigenvalue weighted by molar-refractivity contribution is -0.127. The third kappa shape index (κ3) is 2.86. The molecule has 174 valence electrons. The van der Waals surface area contributed by atoms with Crippen LogP contribution in [-0.4, -0.2) is 29.0 Å². The van der Waals surface area contributed by atoms with Gasteiger partial charge in [-0.05, 0) is 35.9 Å². The molecule has 3 aromatic carbocycles. The highest BCUT2D eigenvalue weighted by molar-refractivity contribution is 6.37. The number of nitrogens with zero attached hydrogens (tertiary/aromatic N) is 1. The predicted molar refractivity (Wildman–Crippen MR) is 124 cm³/mol. The van der Waals surface area contributed by atoms with Crippen LogP contribution >= 0.6 is 23.2 Å². The molecule has 2 aliphatic heterocycles. The zero-order chi connectivity index (χ0) is 24.6. The number of benzene rings is 3. The lowest BCUT2D eigenvalue weighted by Crippen LogP contribution is -2.51. The highest BCUT2D eigenvalue weighted by atomic mass is 35.5. The number of ketones is 2. The van der Waals surface area contributed by atoms with E-state index in [4.69, 9.17) is 27.9 Å². The van der Waals surface area contributed by atoms with Gasteiger partial charge in [-0.3, -0.25) is 19.2 Å². The van der Waals surface area contributed by atoms with Gasteiger partial charge in [-0.25, -0.2) is 9.29 Å². The standard InChI is InChI=1S/C26H14Cl2FNO5/c27-13-7-5-12(6-8-13)21-19-20(25(34)30(24(19)33)14-9-10-18(29)17(28)11-14)26(35-21)22(31)15-3-1-2-4-16(15)23(26)32/h1-11,19-21H/t19-,20-,21-/m0/s1. The highest BCUT2D eigenvalue weighted by Crippen LogP contribution is 2.57. The van der Waals surface area contributed by atoms with Crippen molar-refractivity contribution in [1.82, 2.24) is 0 Å². The minimum absolute atomic E-state index is 0.0428. The first-order valence-corrected chi connectivity index (χ1v) is 11.5. The molecule has 0 unspecified atom stereocenters. The van der Waals surface area contributed by atoms with Crippen molar-refractivity contribution >= 4 is 52.3 Å². The van der Waals surface area contributed by atoms with Crippen LogP contribution in [0.3, 0.4) is 0 Å². The van der Waals surface area contributed by atoms with Gasteiger partial charge >= 0.3 is 0 Å². The van der Waals surface area contributed by atoms with E-state index in [9.17, 15) is 23.6 Å². The second-order valence-corrected chi connectivity index (χ2v) is 9.49. The monoisotopic (exact) mass is 509 g/mol. The number of hydrogen-bond donors (Lipinski definition) is 0. The van der Waals surface area contributed by atoms with Crippen LogP contribution in [0.4, 0.5) is 10.1 Å². The summed E-state index contributed by atoms with van der Waals surface area (Å²) < 4.78 is 20.0. The molecule has 2 fully saturated rings. The average Bonchev–Trinajstić information content (AvgIpc) is 3.41. The maximum absolute atomic E-state index is 13.8. The fraction of sp³-hybridized carbons (Fsp3) is 0.154. The summed E-state index contributed by atoms with van der Waals surface area (Å²) in [7, 11) is 0. The number of fused-ring (bicyclic) bond motifs is 3. The fourth-order valence-corrected chi connectivity index (χ4v) is 5.65. The van der Waals surface area contributed by atoms with E-state index in [-0.39, 0.29) is 21.8 Å². The third-order valence-electron chi connectivity index (χ3n) is 6.88. The van der Waals surface area contributed by atoms with Crippen LogP contribution in [0.5, 0.6) is 0 Å². The third-order valence-corrected chi connectivity index (χ3v) is 7.42. The van der Waals surface area contributed by atoms with Gasteiger partial charge in [0.2, 0.25) is 29.0 Å². The molecule has 6 nitrogen and oxygen atoms in total. The maximum atomic E-state index is 13.8. The summed E-state index contributed by atoms with van der Waals surface area (Å²) in [5, 5.41) is 0.163. The van der Waals surface area contributed by atoms with Crippen molar-refractivity contribution in [3.05, 3.63) is 99.3 Å². The van der Waals surface area contributed by atoms with Crippen LogP contribution in [0.15, 0.2) is 66.7 Å². The number of ether oxygens (including phenoxy) is 1. The largest absolute Gasteiger partial charge is 0.349 e. The van der Waals surface area contributed by atoms with Gasteiger partial charge in [0.25, 0.3) is 0 Å². The number of anilines is 1. The summed E-state index contributed by atoms with van der Waals surface area (Å²) in [6.45, 7) is 0. The Morgan fingerprint density at radius 2 is 1.46 bits per heavy atom. The molecular weight excluding hydrogens is 496 g/mol. The van der Waals surface area contributed by atoms with Crippen LogP contribution < -0.4 is 4.90 Å². The number of amides is 2. The SMILES string of the molecule is O=C1[C@H]2[C@@H](C(=O)N1c1ccc(F)c(Cl)c1)C1(O[C@H]2c2ccc(Cl)cc2)C(=O)c2ccccc2C1=O. The second-order valence-electron chi connectivity index (χ2n) is 8.64. The van der Waals surface area contributed by atoms with Crippen molar-refractivity contribution in [3.63, 3.8) is 0 Å². The molecule has 2 saturated heterocycles. The molecule has 1 spiro atoms. The van der Waals surface area contributed by atoms with Gasteiger partial charge in [-0.1, -0.05) is 59.6 Å². The van der Waals surface area contributed by atoms with E-state index in [0.29, 0.717) is 10.6 Å². The summed E-state index contributed by atoms with van der Waals surface area (Å²) in [5.74, 6) is -6.08. The molecule has 0 bridgehead atoms. The first-order chi connectivity index (χ1) is 16.8. The van der Waals surface area contributed by atoms with Gasteiger partial charge < -0.3 is 4.74 Å². The van der Waals surface area contributed by atoms with Crippen molar-refractivity contribution in [2.24, 2.45) is 11.8 Å². The Balaban J connectivity index is 1.54. The number of halogens is 3. The lowest BCUT2D eigenvalue weighted by atomic mass is 9.77. The van der Waals surface area contributed by atoms with Crippen molar-refractivity contribution in [3.8, 4) is 0 Å². The van der Waals surface area contributed by atoms with Crippen molar-refractivity contribution in [2.75, 3.05) is 4.90 Å². The normalized spacial score (nSPS) is 24.4. The zero-order valence-electron chi connectivity index (χ0n) is 17.7. The van der Waals surface area contributed by atoms with E-state index in [1.54, 1.807) is 36.4 Å². The molecule has 1 aliphatic carbocycles. The van der Waals surface area contributed by atoms with Gasteiger partial charge in [0.05, 0.1) is 28.6 Å². The Labute approximate surface area is 208 Å². The summed E-state index contributed by atoms with van der Waals surface area (Å²) in [4.78, 5) is 55.7. The van der Waals surface area contributed by atoms with Crippen LogP contribution in [0.1, 0.15) is 32.4 Å². The summed E-state index contributed by atoms with van der Waals surface area (Å²) in [6, 6.07) is 16.1. The molecule has 3 aliphatic rings. The van der Waals surface area contributed by atoms with Crippen molar-refractivity contribution < 1.29 is 28.3 Å². The highest BCUT2D eigenvalue weighted by Gasteiger charge is 2.74. The number of Topliss-reactive ketones (excluding diaryl/α,β-unsaturated/α-hetero) is 2. The number of hydrogen-bond acceptors (Lipinski definition) is 5. The van der Waals surface area contributed by atoms with Crippen molar-refractivity contribution in [2.45, 2.75) is 11.7 Å². The van der Waals surface area contributed by atoms with Crippen LogP contribution in [-0.2, 0) is 14.3 Å². The van der Waals surface area contributed by atoms with E-state index in [2.05, 4.69) is 0 Å². The maximum Gasteiger partial charge on any atom is 0.241 e. The van der Waals surface area contributed by atoms with Gasteiger partial charge in [0.15, 0.2) is 0 Å². The minimum atomic E-state index is -2.19. The van der Waals surface area contributed by atoms with E-state index in [0.717, 1.165) is 17.0 Å². The van der Waals surface area contributed by atoms with E-state index < -0.39 is 52.7 Å². The van der Waals surface area contributed by atoms with Crippen LogP contribution in [0, 0.1) is 17.7 Å². The number of carbonyl (C=O) groups excluding carboxylic acids is 4. The Hall–Kier alpha value is -3.39. The summed E-state index contributed by atoms with van der Waals surface area (Å²) in [6.07, 6.45) is -1.07. The van der Waals surface area contributed by atoms with Gasteiger partial charge in [0.1, 0.15) is 5.82 Å². The molecular formula is C26H14Cl2FNO5. The second kappa shape index (κ2) is 7.55. The molecule has 35 heavy (non-hydrogen) atoms. The molecule has 0 aromatic heterocycles. The fourth-order valence-electron chi connectivity index (χ4n) is 5.35. The number of imide groups is 1. The van der Waals surface area contributed by atoms with Crippen LogP contribution in [0.2, 0.25) is 10.0 Å². The Morgan fingerprint density at radius 1 is 0.829 bits per heavy atom. The number of carbonyl (C=O) groups is 4. The van der Waals surface area contributed by atoms with E-state index >= 15 is 0 Å². The predicted octanol–water partition coefficient (Wildman–Crippen LogP) is 4.83. The molecule has 0 radical (unpaired) electrons. The molecule has 0 N–H and O–H groups in total. The smallest absolute Gasteiger partial charge is 0.241 e. The molecule has 3 aromatic rings. The first-order valence-electron chi connectivity index (χ1n) is 10.7. The number of rotatable bonds is 2. The Kier molecular flexibility index (Phi) is 4.77. The zero-order valence-corrected chi connectivity index (χ0v) is 19.2. The molecule has 3 atom stereocenters. The average molecular weight is 510 g/mol. The molecule has 2 amide bonds. The molecule has 9 heteroatoms. The quantitative estimate of drug-likeness (QED) is 0.365. The lowest BCUT2D eigenvalue weighted by Gasteiger charge is -2.27. The van der Waals surface area contributed by atoms with Gasteiger partial charge in [0, 0.05) is 16.1 Å². The van der Waals surface area contributed by atoms with Crippen molar-refractivity contribution in [1.29, 1.82) is 0 Å². The van der Waals surface area contributed by atoms with E-state index in [1.165, 1.54) is 18.2 Å². The molecule has 0 saturated carbocycles. The topological polar surface area (TPSA) is 80.8 Å². The minimum Gasteiger partial charge on any atom is -0.349 e. The Morgan fingerprint density at radius 3 is 2.06 bits per heavy atom.